The molecule has 23 heavy (non-hydrogen) atoms. The van der Waals surface area contributed by atoms with E-state index in [4.69, 9.17) is 0 Å². The highest BCUT2D eigenvalue weighted by Crippen LogP contribution is 2.34. The Morgan fingerprint density at radius 3 is 2.70 bits per heavy atom. The monoisotopic (exact) mass is 305 g/mol. The number of carbonyl (C=O) groups is 1. The van der Waals surface area contributed by atoms with Gasteiger partial charge in [-0.3, -0.25) is 0 Å². The van der Waals surface area contributed by atoms with Crippen molar-refractivity contribution in [2.75, 3.05) is 5.32 Å². The summed E-state index contributed by atoms with van der Waals surface area (Å²) in [6.45, 7) is 0. The average molecular weight is 305 g/mol. The standard InChI is InChI=1S/C19H19N3O/c23-19(20-13-7-2-1-3-8-13)22-17-12-6-10-15-14-9-4-5-11-16(14)21-18(15)17/h1-5,7-9,11,17,21H,6,10,12H2,(H2,20,22,23). The van der Waals surface area contributed by atoms with Crippen LogP contribution in [0.25, 0.3) is 10.9 Å². The Balaban J connectivity index is 1.56. The number of hydrogen-bond donors (Lipinski definition) is 3. The first-order chi connectivity index (χ1) is 11.3. The predicted molar refractivity (Wildman–Crippen MR) is 92.6 cm³/mol. The highest BCUT2D eigenvalue weighted by Gasteiger charge is 2.25. The van der Waals surface area contributed by atoms with Gasteiger partial charge in [-0.2, -0.15) is 0 Å². The summed E-state index contributed by atoms with van der Waals surface area (Å²) in [5.74, 6) is 0. The van der Waals surface area contributed by atoms with Crippen LogP contribution in [0.3, 0.4) is 0 Å². The summed E-state index contributed by atoms with van der Waals surface area (Å²) in [6, 6.07) is 17.7. The van der Waals surface area contributed by atoms with E-state index in [-0.39, 0.29) is 12.1 Å². The maximum absolute atomic E-state index is 12.3. The second-order valence-corrected chi connectivity index (χ2v) is 5.97. The van der Waals surface area contributed by atoms with Gasteiger partial charge in [0.25, 0.3) is 0 Å². The molecule has 0 bridgehead atoms. The normalized spacial score (nSPS) is 16.8. The Hall–Kier alpha value is -2.75. The molecule has 4 nitrogen and oxygen atoms in total. The van der Waals surface area contributed by atoms with Crippen LogP contribution in [0.2, 0.25) is 0 Å². The molecule has 1 unspecified atom stereocenters. The van der Waals surface area contributed by atoms with Crippen LogP contribution in [0.1, 0.15) is 30.1 Å². The van der Waals surface area contributed by atoms with E-state index < -0.39 is 0 Å². The molecule has 1 aliphatic rings. The summed E-state index contributed by atoms with van der Waals surface area (Å²) in [5, 5.41) is 7.27. The van der Waals surface area contributed by atoms with Crippen LogP contribution in [-0.4, -0.2) is 11.0 Å². The van der Waals surface area contributed by atoms with E-state index >= 15 is 0 Å². The van der Waals surface area contributed by atoms with Crippen molar-refractivity contribution < 1.29 is 4.79 Å². The molecule has 0 fully saturated rings. The van der Waals surface area contributed by atoms with Gasteiger partial charge in [-0.25, -0.2) is 4.79 Å². The zero-order chi connectivity index (χ0) is 15.6. The van der Waals surface area contributed by atoms with Gasteiger partial charge >= 0.3 is 6.03 Å². The predicted octanol–water partition coefficient (Wildman–Crippen LogP) is 4.37. The lowest BCUT2D eigenvalue weighted by Gasteiger charge is -2.24. The van der Waals surface area contributed by atoms with Crippen LogP contribution >= 0.6 is 0 Å². The Labute approximate surface area is 134 Å². The molecular weight excluding hydrogens is 286 g/mol. The molecule has 0 radical (unpaired) electrons. The maximum Gasteiger partial charge on any atom is 0.319 e. The number of aromatic amines is 1. The third-order valence-corrected chi connectivity index (χ3v) is 4.45. The first kappa shape index (κ1) is 13.9. The van der Waals surface area contributed by atoms with Gasteiger partial charge in [0.15, 0.2) is 0 Å². The largest absolute Gasteiger partial charge is 0.356 e. The van der Waals surface area contributed by atoms with Crippen LogP contribution in [0.15, 0.2) is 54.6 Å². The average Bonchev–Trinajstić information content (AvgIpc) is 2.96. The second kappa shape index (κ2) is 5.80. The Kier molecular flexibility index (Phi) is 3.50. The third kappa shape index (κ3) is 2.68. The van der Waals surface area contributed by atoms with E-state index in [0.29, 0.717) is 0 Å². The molecule has 1 aliphatic carbocycles. The summed E-state index contributed by atoms with van der Waals surface area (Å²) in [5.41, 5.74) is 4.45. The van der Waals surface area contributed by atoms with E-state index in [0.717, 1.165) is 36.2 Å². The van der Waals surface area contributed by atoms with Gasteiger partial charge in [-0.15, -0.1) is 0 Å². The molecule has 4 heteroatoms. The number of aryl methyl sites for hydroxylation is 1. The van der Waals surface area contributed by atoms with Crippen molar-refractivity contribution in [3.63, 3.8) is 0 Å². The molecular formula is C19H19N3O. The van der Waals surface area contributed by atoms with Gasteiger partial charge in [-0.05, 0) is 43.0 Å². The number of hydrogen-bond acceptors (Lipinski definition) is 1. The van der Waals surface area contributed by atoms with E-state index in [1.54, 1.807) is 0 Å². The van der Waals surface area contributed by atoms with Gasteiger partial charge in [-0.1, -0.05) is 36.4 Å². The number of amides is 2. The topological polar surface area (TPSA) is 56.9 Å². The number of para-hydroxylation sites is 2. The van der Waals surface area contributed by atoms with E-state index in [2.05, 4.69) is 33.8 Å². The summed E-state index contributed by atoms with van der Waals surface area (Å²) >= 11 is 0. The lowest BCUT2D eigenvalue weighted by molar-refractivity contribution is 0.247. The molecule has 2 amide bonds. The number of fused-ring (bicyclic) bond motifs is 3. The van der Waals surface area contributed by atoms with Crippen molar-refractivity contribution in [3.8, 4) is 0 Å². The molecule has 0 aliphatic heterocycles. The summed E-state index contributed by atoms with van der Waals surface area (Å²) in [4.78, 5) is 15.8. The number of anilines is 1. The van der Waals surface area contributed by atoms with Crippen LogP contribution in [-0.2, 0) is 6.42 Å². The smallest absolute Gasteiger partial charge is 0.319 e. The fraction of sp³-hybridized carbons (Fsp3) is 0.211. The molecule has 3 aromatic rings. The third-order valence-electron chi connectivity index (χ3n) is 4.45. The second-order valence-electron chi connectivity index (χ2n) is 5.97. The van der Waals surface area contributed by atoms with E-state index in [9.17, 15) is 4.79 Å². The first-order valence-corrected chi connectivity index (χ1v) is 8.03. The van der Waals surface area contributed by atoms with Crippen LogP contribution in [0.4, 0.5) is 10.5 Å². The first-order valence-electron chi connectivity index (χ1n) is 8.03. The zero-order valence-electron chi connectivity index (χ0n) is 12.8. The van der Waals surface area contributed by atoms with Gasteiger partial charge in [0, 0.05) is 22.3 Å². The quantitative estimate of drug-likeness (QED) is 0.647. The maximum atomic E-state index is 12.3. The number of rotatable bonds is 2. The molecule has 0 spiro atoms. The van der Waals surface area contributed by atoms with E-state index in [1.165, 1.54) is 10.9 Å². The highest BCUT2D eigenvalue weighted by molar-refractivity contribution is 5.90. The van der Waals surface area contributed by atoms with Crippen LogP contribution in [0.5, 0.6) is 0 Å². The number of H-pyrrole nitrogens is 1. The number of nitrogens with one attached hydrogen (secondary N) is 3. The van der Waals surface area contributed by atoms with Crippen molar-refractivity contribution in [1.82, 2.24) is 10.3 Å². The molecule has 1 atom stereocenters. The van der Waals surface area contributed by atoms with Gasteiger partial charge in [0.2, 0.25) is 0 Å². The Morgan fingerprint density at radius 1 is 1.04 bits per heavy atom. The molecule has 1 heterocycles. The molecule has 2 aromatic carbocycles. The fourth-order valence-corrected chi connectivity index (χ4v) is 3.41. The number of benzene rings is 2. The zero-order valence-corrected chi connectivity index (χ0v) is 12.8. The van der Waals surface area contributed by atoms with Gasteiger partial charge in [0.05, 0.1) is 6.04 Å². The minimum Gasteiger partial charge on any atom is -0.356 e. The van der Waals surface area contributed by atoms with Crippen LogP contribution in [0, 0.1) is 0 Å². The molecule has 3 N–H and O–H groups in total. The summed E-state index contributed by atoms with van der Waals surface area (Å²) < 4.78 is 0. The fourth-order valence-electron chi connectivity index (χ4n) is 3.41. The Morgan fingerprint density at radius 2 is 1.83 bits per heavy atom. The van der Waals surface area contributed by atoms with Crippen molar-refractivity contribution in [2.45, 2.75) is 25.3 Å². The van der Waals surface area contributed by atoms with Crippen molar-refractivity contribution >= 4 is 22.6 Å². The van der Waals surface area contributed by atoms with Gasteiger partial charge < -0.3 is 15.6 Å². The van der Waals surface area contributed by atoms with Crippen molar-refractivity contribution in [2.24, 2.45) is 0 Å². The van der Waals surface area contributed by atoms with Crippen LogP contribution < -0.4 is 10.6 Å². The number of aromatic nitrogens is 1. The lowest BCUT2D eigenvalue weighted by Crippen LogP contribution is -2.34. The van der Waals surface area contributed by atoms with Crippen molar-refractivity contribution in [3.05, 3.63) is 65.9 Å². The SMILES string of the molecule is O=C(Nc1ccccc1)NC1CCCc2c1[nH]c1ccccc21. The molecule has 1 aromatic heterocycles. The summed E-state index contributed by atoms with van der Waals surface area (Å²) in [7, 11) is 0. The number of urea groups is 1. The minimum absolute atomic E-state index is 0.0369. The molecule has 0 saturated carbocycles. The van der Waals surface area contributed by atoms with Gasteiger partial charge in [0.1, 0.15) is 0 Å². The van der Waals surface area contributed by atoms with E-state index in [1.807, 2.05) is 36.4 Å². The number of carbonyl (C=O) groups excluding carboxylic acids is 1. The lowest BCUT2D eigenvalue weighted by atomic mass is 9.92. The van der Waals surface area contributed by atoms with Crippen molar-refractivity contribution in [1.29, 1.82) is 0 Å². The minimum atomic E-state index is -0.160. The molecule has 0 saturated heterocycles. The summed E-state index contributed by atoms with van der Waals surface area (Å²) in [6.07, 6.45) is 3.12. The Bertz CT molecular complexity index is 838. The highest BCUT2D eigenvalue weighted by atomic mass is 16.2. The molecule has 116 valence electrons. The molecule has 4 rings (SSSR count).